The van der Waals surface area contributed by atoms with Crippen LogP contribution in [0.5, 0.6) is 0 Å². The van der Waals surface area contributed by atoms with Crippen LogP contribution in [0.3, 0.4) is 0 Å². The van der Waals surface area contributed by atoms with Gasteiger partial charge in [0.05, 0.1) is 12.8 Å². The van der Waals surface area contributed by atoms with Crippen molar-refractivity contribution in [3.05, 3.63) is 65.7 Å². The average molecular weight is 381 g/mol. The average Bonchev–Trinajstić information content (AvgIpc) is 3.36. The highest BCUT2D eigenvalue weighted by molar-refractivity contribution is 5.96. The van der Waals surface area contributed by atoms with Crippen LogP contribution in [0.2, 0.25) is 0 Å². The zero-order chi connectivity index (χ0) is 20.1. The molecular formula is C21H23N3O4. The molecule has 1 aromatic carbocycles. The van der Waals surface area contributed by atoms with Gasteiger partial charge in [-0.25, -0.2) is 0 Å². The van der Waals surface area contributed by atoms with Crippen LogP contribution >= 0.6 is 0 Å². The van der Waals surface area contributed by atoms with E-state index in [9.17, 15) is 9.59 Å². The number of carbonyl (C=O) groups is 2. The zero-order valence-corrected chi connectivity index (χ0v) is 16.1. The molecule has 3 rings (SSSR count). The lowest BCUT2D eigenvalue weighted by atomic mass is 10.0. The smallest absolute Gasteiger partial charge is 0.274 e. The molecule has 2 N–H and O–H groups in total. The van der Waals surface area contributed by atoms with E-state index in [0.717, 1.165) is 11.1 Å². The molecule has 2 aromatic heterocycles. The van der Waals surface area contributed by atoms with Crippen LogP contribution in [-0.2, 0) is 11.3 Å². The number of nitrogens with zero attached hydrogens (tertiary/aromatic N) is 1. The van der Waals surface area contributed by atoms with Crippen LogP contribution in [0.1, 0.15) is 35.7 Å². The standard InChI is InChI=1S/C21H23N3O4/c1-13(2)19(21(26)22-12-16-5-4-10-27-16)23-20(25)17-11-18(28-24-17)15-8-6-14(3)7-9-15/h4-11,13,19H,12H2,1-3H3,(H,22,26)(H,23,25). The Morgan fingerprint density at radius 2 is 1.89 bits per heavy atom. The first-order valence-corrected chi connectivity index (χ1v) is 9.08. The summed E-state index contributed by atoms with van der Waals surface area (Å²) < 4.78 is 10.5. The van der Waals surface area contributed by atoms with Crippen molar-refractivity contribution in [1.29, 1.82) is 0 Å². The first-order valence-electron chi connectivity index (χ1n) is 9.08. The molecule has 1 atom stereocenters. The van der Waals surface area contributed by atoms with Crippen molar-refractivity contribution in [2.75, 3.05) is 0 Å². The molecule has 0 aliphatic rings. The van der Waals surface area contributed by atoms with E-state index in [1.54, 1.807) is 24.5 Å². The minimum absolute atomic E-state index is 0.107. The van der Waals surface area contributed by atoms with Crippen LogP contribution in [0, 0.1) is 12.8 Å². The highest BCUT2D eigenvalue weighted by atomic mass is 16.5. The zero-order valence-electron chi connectivity index (χ0n) is 16.1. The number of rotatable bonds is 7. The predicted octanol–water partition coefficient (Wildman–Crippen LogP) is 3.31. The number of benzene rings is 1. The van der Waals surface area contributed by atoms with E-state index in [1.807, 2.05) is 45.0 Å². The summed E-state index contributed by atoms with van der Waals surface area (Å²) in [6.45, 7) is 5.97. The Bertz CT molecular complexity index is 927. The molecule has 0 bridgehead atoms. The van der Waals surface area contributed by atoms with E-state index in [2.05, 4.69) is 15.8 Å². The molecule has 0 saturated carbocycles. The third kappa shape index (κ3) is 4.68. The summed E-state index contributed by atoms with van der Waals surface area (Å²) in [5.41, 5.74) is 2.08. The molecule has 146 valence electrons. The number of carbonyl (C=O) groups excluding carboxylic acids is 2. The Balaban J connectivity index is 1.65. The molecule has 7 nitrogen and oxygen atoms in total. The van der Waals surface area contributed by atoms with E-state index >= 15 is 0 Å². The first-order chi connectivity index (χ1) is 13.4. The summed E-state index contributed by atoms with van der Waals surface area (Å²) in [5.74, 6) is 0.273. The van der Waals surface area contributed by atoms with Gasteiger partial charge in [-0.05, 0) is 25.0 Å². The van der Waals surface area contributed by atoms with E-state index in [4.69, 9.17) is 8.94 Å². The van der Waals surface area contributed by atoms with Gasteiger partial charge in [0.2, 0.25) is 5.91 Å². The molecule has 0 spiro atoms. The van der Waals surface area contributed by atoms with Crippen molar-refractivity contribution in [2.45, 2.75) is 33.4 Å². The molecule has 0 aliphatic carbocycles. The van der Waals surface area contributed by atoms with Crippen molar-refractivity contribution >= 4 is 11.8 Å². The first kappa shape index (κ1) is 19.4. The third-order valence-electron chi connectivity index (χ3n) is 4.33. The second-order valence-corrected chi connectivity index (χ2v) is 6.93. The van der Waals surface area contributed by atoms with Crippen LogP contribution in [0.15, 0.2) is 57.7 Å². The molecular weight excluding hydrogens is 358 g/mol. The predicted molar refractivity (Wildman–Crippen MR) is 103 cm³/mol. The van der Waals surface area contributed by atoms with Gasteiger partial charge in [0.1, 0.15) is 11.8 Å². The normalized spacial score (nSPS) is 12.0. The van der Waals surface area contributed by atoms with Crippen molar-refractivity contribution in [3.8, 4) is 11.3 Å². The monoisotopic (exact) mass is 381 g/mol. The van der Waals surface area contributed by atoms with Gasteiger partial charge in [-0.2, -0.15) is 0 Å². The number of hydrogen-bond acceptors (Lipinski definition) is 5. The minimum atomic E-state index is -0.706. The molecule has 0 fully saturated rings. The number of furan rings is 1. The molecule has 0 radical (unpaired) electrons. The fraction of sp³-hybridized carbons (Fsp3) is 0.286. The summed E-state index contributed by atoms with van der Waals surface area (Å²) in [7, 11) is 0. The van der Waals surface area contributed by atoms with Crippen LogP contribution in [-0.4, -0.2) is 23.0 Å². The van der Waals surface area contributed by atoms with E-state index in [0.29, 0.717) is 11.5 Å². The lowest BCUT2D eigenvalue weighted by molar-refractivity contribution is -0.124. The topological polar surface area (TPSA) is 97.4 Å². The van der Waals surface area contributed by atoms with Gasteiger partial charge in [0, 0.05) is 11.6 Å². The Kier molecular flexibility index (Phi) is 5.93. The number of aromatic nitrogens is 1. The fourth-order valence-electron chi connectivity index (χ4n) is 2.68. The Labute approximate surface area is 163 Å². The Hall–Kier alpha value is -3.35. The van der Waals surface area contributed by atoms with Crippen molar-refractivity contribution in [1.82, 2.24) is 15.8 Å². The molecule has 28 heavy (non-hydrogen) atoms. The molecule has 1 unspecified atom stereocenters. The van der Waals surface area contributed by atoms with Gasteiger partial charge in [-0.1, -0.05) is 48.8 Å². The number of nitrogens with one attached hydrogen (secondary N) is 2. The molecule has 3 aromatic rings. The summed E-state index contributed by atoms with van der Waals surface area (Å²) in [4.78, 5) is 25.1. The van der Waals surface area contributed by atoms with E-state index in [1.165, 1.54) is 0 Å². The second-order valence-electron chi connectivity index (χ2n) is 6.93. The van der Waals surface area contributed by atoms with Crippen LogP contribution < -0.4 is 10.6 Å². The van der Waals surface area contributed by atoms with E-state index in [-0.39, 0.29) is 24.1 Å². The minimum Gasteiger partial charge on any atom is -0.467 e. The molecule has 7 heteroatoms. The number of hydrogen-bond donors (Lipinski definition) is 2. The lowest BCUT2D eigenvalue weighted by Crippen LogP contribution is -2.49. The Morgan fingerprint density at radius 1 is 1.14 bits per heavy atom. The maximum Gasteiger partial charge on any atom is 0.274 e. The van der Waals surface area contributed by atoms with Gasteiger partial charge in [-0.3, -0.25) is 9.59 Å². The third-order valence-corrected chi connectivity index (χ3v) is 4.33. The molecule has 2 heterocycles. The lowest BCUT2D eigenvalue weighted by Gasteiger charge is -2.20. The summed E-state index contributed by atoms with van der Waals surface area (Å²) >= 11 is 0. The van der Waals surface area contributed by atoms with E-state index < -0.39 is 11.9 Å². The fourth-order valence-corrected chi connectivity index (χ4v) is 2.68. The maximum atomic E-state index is 12.6. The Morgan fingerprint density at radius 3 is 2.54 bits per heavy atom. The maximum absolute atomic E-state index is 12.6. The summed E-state index contributed by atoms with van der Waals surface area (Å²) in [6.07, 6.45) is 1.54. The highest BCUT2D eigenvalue weighted by Crippen LogP contribution is 2.21. The number of aryl methyl sites for hydroxylation is 1. The summed E-state index contributed by atoms with van der Waals surface area (Å²) in [6, 6.07) is 12.1. The van der Waals surface area contributed by atoms with Gasteiger partial charge in [0.15, 0.2) is 11.5 Å². The van der Waals surface area contributed by atoms with Crippen LogP contribution in [0.25, 0.3) is 11.3 Å². The molecule has 0 saturated heterocycles. The number of amides is 2. The molecule has 0 aliphatic heterocycles. The van der Waals surface area contributed by atoms with Gasteiger partial charge in [0.25, 0.3) is 5.91 Å². The largest absolute Gasteiger partial charge is 0.467 e. The van der Waals surface area contributed by atoms with Gasteiger partial charge < -0.3 is 19.6 Å². The van der Waals surface area contributed by atoms with Crippen LogP contribution in [0.4, 0.5) is 0 Å². The van der Waals surface area contributed by atoms with Crippen molar-refractivity contribution in [3.63, 3.8) is 0 Å². The SMILES string of the molecule is Cc1ccc(-c2cc(C(=O)NC(C(=O)NCc3ccco3)C(C)C)no2)cc1. The van der Waals surface area contributed by atoms with Crippen molar-refractivity contribution in [2.24, 2.45) is 5.92 Å². The van der Waals surface area contributed by atoms with Gasteiger partial charge >= 0.3 is 0 Å². The van der Waals surface area contributed by atoms with Gasteiger partial charge in [-0.15, -0.1) is 0 Å². The summed E-state index contributed by atoms with van der Waals surface area (Å²) in [5, 5.41) is 9.34. The quantitative estimate of drug-likeness (QED) is 0.654. The highest BCUT2D eigenvalue weighted by Gasteiger charge is 2.26. The second kappa shape index (κ2) is 8.56. The van der Waals surface area contributed by atoms with Crippen molar-refractivity contribution < 1.29 is 18.5 Å². The molecule has 2 amide bonds.